The number of hydrogen-bond acceptors (Lipinski definition) is 2. The number of halogens is 1. The third-order valence-corrected chi connectivity index (χ3v) is 6.78. The summed E-state index contributed by atoms with van der Waals surface area (Å²) in [6.07, 6.45) is 6.47. The topological polar surface area (TPSA) is 50.4 Å². The minimum atomic E-state index is -0.178. The van der Waals surface area contributed by atoms with Crippen molar-refractivity contribution in [3.63, 3.8) is 0 Å². The molecular formula is C19H25ClN2O2. The molecule has 4 fully saturated rings. The van der Waals surface area contributed by atoms with Gasteiger partial charge in [-0.3, -0.25) is 0 Å². The highest BCUT2D eigenvalue weighted by molar-refractivity contribution is 6.30. The van der Waals surface area contributed by atoms with Crippen molar-refractivity contribution in [2.75, 3.05) is 19.0 Å². The van der Waals surface area contributed by atoms with Gasteiger partial charge in [0.1, 0.15) is 0 Å². The van der Waals surface area contributed by atoms with E-state index in [4.69, 9.17) is 16.3 Å². The highest BCUT2D eigenvalue weighted by atomic mass is 35.5. The summed E-state index contributed by atoms with van der Waals surface area (Å²) in [4.78, 5) is 12.3. The van der Waals surface area contributed by atoms with Crippen molar-refractivity contribution in [3.8, 4) is 0 Å². The molecule has 5 heteroatoms. The monoisotopic (exact) mass is 348 g/mol. The molecule has 4 aliphatic carbocycles. The lowest BCUT2D eigenvalue weighted by Crippen LogP contribution is -2.63. The lowest BCUT2D eigenvalue weighted by atomic mass is 9.49. The van der Waals surface area contributed by atoms with Crippen LogP contribution in [-0.2, 0) is 4.74 Å². The number of ether oxygens (including phenoxy) is 1. The van der Waals surface area contributed by atoms with Gasteiger partial charge in [0, 0.05) is 24.4 Å². The Hall–Kier alpha value is -1.26. The Bertz CT molecular complexity index is 588. The molecule has 0 atom stereocenters. The molecule has 1 aromatic rings. The molecule has 0 saturated heterocycles. The average Bonchev–Trinajstić information content (AvgIpc) is 2.56. The summed E-state index contributed by atoms with van der Waals surface area (Å²) in [5.41, 5.74) is 0.568. The van der Waals surface area contributed by atoms with E-state index in [1.807, 2.05) is 7.11 Å². The first-order chi connectivity index (χ1) is 11.6. The van der Waals surface area contributed by atoms with E-state index in [0.717, 1.165) is 17.5 Å². The Morgan fingerprint density at radius 2 is 1.71 bits per heavy atom. The highest BCUT2D eigenvalue weighted by Gasteiger charge is 2.57. The summed E-state index contributed by atoms with van der Waals surface area (Å²) in [6, 6.07) is 6.97. The fourth-order valence-electron chi connectivity index (χ4n) is 5.60. The number of hydrogen-bond donors (Lipinski definition) is 2. The molecule has 0 radical (unpaired) electrons. The first-order valence-corrected chi connectivity index (χ1v) is 9.32. The van der Waals surface area contributed by atoms with E-state index in [1.54, 1.807) is 24.3 Å². The van der Waals surface area contributed by atoms with Gasteiger partial charge in [0.05, 0.1) is 5.60 Å². The molecule has 0 unspecified atom stereocenters. The lowest BCUT2D eigenvalue weighted by molar-refractivity contribution is -0.186. The van der Waals surface area contributed by atoms with Gasteiger partial charge in [-0.15, -0.1) is 0 Å². The molecule has 0 aromatic heterocycles. The molecule has 2 amide bonds. The number of benzene rings is 1. The first kappa shape index (κ1) is 16.2. The number of carbonyl (C=O) groups is 1. The van der Waals surface area contributed by atoms with E-state index in [0.29, 0.717) is 23.4 Å². The zero-order valence-corrected chi connectivity index (χ0v) is 14.8. The summed E-state index contributed by atoms with van der Waals surface area (Å²) in [7, 11) is 1.82. The maximum absolute atomic E-state index is 12.3. The van der Waals surface area contributed by atoms with Crippen LogP contribution in [0.3, 0.4) is 0 Å². The van der Waals surface area contributed by atoms with Crippen LogP contribution in [0.1, 0.15) is 32.1 Å². The highest BCUT2D eigenvalue weighted by Crippen LogP contribution is 2.59. The third kappa shape index (κ3) is 2.80. The normalized spacial score (nSPS) is 36.6. The SMILES string of the molecule is COC1(CNC(=O)Nc2ccc(Cl)cc2)C2CC3CC(C2)CC1C3. The molecule has 0 aliphatic heterocycles. The van der Waals surface area contributed by atoms with E-state index in [2.05, 4.69) is 10.6 Å². The average molecular weight is 349 g/mol. The number of urea groups is 1. The maximum Gasteiger partial charge on any atom is 0.319 e. The van der Waals surface area contributed by atoms with Crippen molar-refractivity contribution < 1.29 is 9.53 Å². The van der Waals surface area contributed by atoms with Crippen molar-refractivity contribution in [1.82, 2.24) is 5.32 Å². The zero-order chi connectivity index (χ0) is 16.7. The standard InChI is InChI=1S/C19H25ClN2O2/c1-24-19(14-7-12-6-13(9-14)10-15(19)8-12)11-21-18(23)22-17-4-2-16(20)3-5-17/h2-5,12-15H,6-11H2,1H3,(H2,21,22,23). The summed E-state index contributed by atoms with van der Waals surface area (Å²) in [6.45, 7) is 0.595. The molecular weight excluding hydrogens is 324 g/mol. The smallest absolute Gasteiger partial charge is 0.319 e. The minimum Gasteiger partial charge on any atom is -0.376 e. The second-order valence-corrected chi connectivity index (χ2v) is 8.21. The van der Waals surface area contributed by atoms with E-state index < -0.39 is 0 Å². The van der Waals surface area contributed by atoms with Crippen molar-refractivity contribution in [3.05, 3.63) is 29.3 Å². The molecule has 4 nitrogen and oxygen atoms in total. The third-order valence-electron chi connectivity index (χ3n) is 6.53. The predicted molar refractivity (Wildman–Crippen MR) is 95.3 cm³/mol. The van der Waals surface area contributed by atoms with Crippen LogP contribution in [-0.4, -0.2) is 25.3 Å². The predicted octanol–water partition coefficient (Wildman–Crippen LogP) is 4.30. The van der Waals surface area contributed by atoms with Crippen molar-refractivity contribution in [1.29, 1.82) is 0 Å². The van der Waals surface area contributed by atoms with Crippen molar-refractivity contribution in [2.24, 2.45) is 23.7 Å². The molecule has 0 spiro atoms. The van der Waals surface area contributed by atoms with E-state index in [-0.39, 0.29) is 11.6 Å². The Balaban J connectivity index is 1.40. The first-order valence-electron chi connectivity index (χ1n) is 8.94. The van der Waals surface area contributed by atoms with Gasteiger partial charge in [0.15, 0.2) is 0 Å². The second-order valence-electron chi connectivity index (χ2n) is 7.78. The number of carbonyl (C=O) groups excluding carboxylic acids is 1. The summed E-state index contributed by atoms with van der Waals surface area (Å²) in [5, 5.41) is 6.59. The largest absolute Gasteiger partial charge is 0.376 e. The molecule has 4 saturated carbocycles. The van der Waals surface area contributed by atoms with Gasteiger partial charge in [-0.25, -0.2) is 4.79 Å². The van der Waals surface area contributed by atoms with Crippen LogP contribution in [0.2, 0.25) is 5.02 Å². The Labute approximate surface area is 148 Å². The zero-order valence-electron chi connectivity index (χ0n) is 14.1. The fourth-order valence-corrected chi connectivity index (χ4v) is 5.73. The molecule has 2 N–H and O–H groups in total. The minimum absolute atomic E-state index is 0.176. The molecule has 24 heavy (non-hydrogen) atoms. The number of nitrogens with one attached hydrogen (secondary N) is 2. The van der Waals surface area contributed by atoms with E-state index in [1.165, 1.54) is 32.1 Å². The summed E-state index contributed by atoms with van der Waals surface area (Å²) >= 11 is 5.87. The number of amides is 2. The van der Waals surface area contributed by atoms with E-state index in [9.17, 15) is 4.79 Å². The van der Waals surface area contributed by atoms with Crippen LogP contribution in [0.15, 0.2) is 24.3 Å². The van der Waals surface area contributed by atoms with Gasteiger partial charge in [-0.1, -0.05) is 11.6 Å². The number of anilines is 1. The number of methoxy groups -OCH3 is 1. The number of rotatable bonds is 4. The Morgan fingerprint density at radius 3 is 2.25 bits per heavy atom. The molecule has 0 heterocycles. The van der Waals surface area contributed by atoms with Crippen LogP contribution < -0.4 is 10.6 Å². The van der Waals surface area contributed by atoms with Crippen LogP contribution in [0.4, 0.5) is 10.5 Å². The quantitative estimate of drug-likeness (QED) is 0.852. The fraction of sp³-hybridized carbons (Fsp3) is 0.632. The van der Waals surface area contributed by atoms with Crippen LogP contribution in [0, 0.1) is 23.7 Å². The van der Waals surface area contributed by atoms with Gasteiger partial charge in [-0.2, -0.15) is 0 Å². The van der Waals surface area contributed by atoms with Gasteiger partial charge in [0.2, 0.25) is 0 Å². The van der Waals surface area contributed by atoms with Gasteiger partial charge in [-0.05, 0) is 80.0 Å². The van der Waals surface area contributed by atoms with Crippen molar-refractivity contribution in [2.45, 2.75) is 37.7 Å². The molecule has 130 valence electrons. The van der Waals surface area contributed by atoms with Crippen LogP contribution in [0.5, 0.6) is 0 Å². The van der Waals surface area contributed by atoms with Gasteiger partial charge in [0.25, 0.3) is 0 Å². The second kappa shape index (κ2) is 6.23. The van der Waals surface area contributed by atoms with Crippen molar-refractivity contribution >= 4 is 23.3 Å². The van der Waals surface area contributed by atoms with Gasteiger partial charge < -0.3 is 15.4 Å². The Kier molecular flexibility index (Phi) is 4.21. The van der Waals surface area contributed by atoms with Crippen LogP contribution >= 0.6 is 11.6 Å². The van der Waals surface area contributed by atoms with Crippen LogP contribution in [0.25, 0.3) is 0 Å². The molecule has 4 aliphatic rings. The molecule has 1 aromatic carbocycles. The van der Waals surface area contributed by atoms with Gasteiger partial charge >= 0.3 is 6.03 Å². The summed E-state index contributed by atoms with van der Waals surface area (Å²) < 4.78 is 6.07. The molecule has 5 rings (SSSR count). The maximum atomic E-state index is 12.3. The summed E-state index contributed by atoms with van der Waals surface area (Å²) in [5.74, 6) is 2.96. The van der Waals surface area contributed by atoms with E-state index >= 15 is 0 Å². The molecule has 4 bridgehead atoms. The Morgan fingerprint density at radius 1 is 1.12 bits per heavy atom. The lowest BCUT2D eigenvalue weighted by Gasteiger charge is -2.60.